The SMILES string of the molecule is CCC(CC)n1c(=O)c(C(=O)N(C)C)cc2cnc(Nc3ccc(N4CCN(C)CC4)cc3)nc21. The third-order valence-electron chi connectivity index (χ3n) is 6.71. The van der Waals surface area contributed by atoms with Crippen molar-refractivity contribution < 1.29 is 4.79 Å². The molecule has 186 valence electrons. The first-order valence-corrected chi connectivity index (χ1v) is 12.3. The van der Waals surface area contributed by atoms with Crippen LogP contribution in [0.15, 0.2) is 41.3 Å². The van der Waals surface area contributed by atoms with Crippen LogP contribution < -0.4 is 15.8 Å². The Bertz CT molecular complexity index is 1240. The molecule has 1 aliphatic rings. The van der Waals surface area contributed by atoms with Gasteiger partial charge in [0.1, 0.15) is 11.2 Å². The molecular formula is C26H35N7O2. The second-order valence-corrected chi connectivity index (χ2v) is 9.34. The molecule has 4 rings (SSSR count). The van der Waals surface area contributed by atoms with Crippen LogP contribution in [0.25, 0.3) is 11.0 Å². The zero-order valence-corrected chi connectivity index (χ0v) is 21.3. The Morgan fingerprint density at radius 1 is 1.09 bits per heavy atom. The highest BCUT2D eigenvalue weighted by Gasteiger charge is 2.22. The fourth-order valence-corrected chi connectivity index (χ4v) is 4.52. The summed E-state index contributed by atoms with van der Waals surface area (Å²) in [4.78, 5) is 41.4. The van der Waals surface area contributed by atoms with Gasteiger partial charge in [-0.15, -0.1) is 0 Å². The first kappa shape index (κ1) is 24.7. The molecule has 35 heavy (non-hydrogen) atoms. The van der Waals surface area contributed by atoms with Gasteiger partial charge in [0, 0.05) is 69.3 Å². The van der Waals surface area contributed by atoms with E-state index in [-0.39, 0.29) is 23.1 Å². The Morgan fingerprint density at radius 2 is 1.74 bits per heavy atom. The number of benzene rings is 1. The van der Waals surface area contributed by atoms with Gasteiger partial charge < -0.3 is 20.0 Å². The Kier molecular flexibility index (Phi) is 7.35. The van der Waals surface area contributed by atoms with Crippen LogP contribution in [-0.2, 0) is 0 Å². The summed E-state index contributed by atoms with van der Waals surface area (Å²) in [6, 6.07) is 9.79. The summed E-state index contributed by atoms with van der Waals surface area (Å²) in [5, 5.41) is 3.94. The Balaban J connectivity index is 1.67. The van der Waals surface area contributed by atoms with Gasteiger partial charge in [-0.2, -0.15) is 4.98 Å². The van der Waals surface area contributed by atoms with E-state index in [4.69, 9.17) is 4.98 Å². The van der Waals surface area contributed by atoms with Crippen molar-refractivity contribution in [2.45, 2.75) is 32.7 Å². The van der Waals surface area contributed by atoms with Crippen molar-refractivity contribution in [1.82, 2.24) is 24.3 Å². The van der Waals surface area contributed by atoms with Crippen molar-refractivity contribution >= 4 is 34.3 Å². The zero-order chi connectivity index (χ0) is 25.1. The van der Waals surface area contributed by atoms with E-state index in [9.17, 15) is 9.59 Å². The number of amides is 1. The second kappa shape index (κ2) is 10.4. The van der Waals surface area contributed by atoms with Crippen molar-refractivity contribution in [1.29, 1.82) is 0 Å². The predicted molar refractivity (Wildman–Crippen MR) is 141 cm³/mol. The predicted octanol–water partition coefficient (Wildman–Crippen LogP) is 3.35. The molecule has 1 amide bonds. The van der Waals surface area contributed by atoms with Crippen LogP contribution in [0, 0.1) is 0 Å². The van der Waals surface area contributed by atoms with Gasteiger partial charge in [-0.1, -0.05) is 13.8 Å². The van der Waals surface area contributed by atoms with Crippen LogP contribution in [0.5, 0.6) is 0 Å². The van der Waals surface area contributed by atoms with Crippen LogP contribution in [0.2, 0.25) is 0 Å². The number of hydrogen-bond donors (Lipinski definition) is 1. The monoisotopic (exact) mass is 477 g/mol. The number of pyridine rings is 1. The van der Waals surface area contributed by atoms with Gasteiger partial charge in [0.25, 0.3) is 11.5 Å². The number of nitrogens with one attached hydrogen (secondary N) is 1. The molecule has 9 heteroatoms. The second-order valence-electron chi connectivity index (χ2n) is 9.34. The molecule has 0 radical (unpaired) electrons. The van der Waals surface area contributed by atoms with E-state index < -0.39 is 0 Å². The molecule has 0 bridgehead atoms. The highest BCUT2D eigenvalue weighted by atomic mass is 16.2. The van der Waals surface area contributed by atoms with Crippen LogP contribution in [-0.4, -0.2) is 77.6 Å². The van der Waals surface area contributed by atoms with Crippen molar-refractivity contribution in [3.05, 3.63) is 52.4 Å². The maximum atomic E-state index is 13.4. The molecule has 1 aromatic carbocycles. The summed E-state index contributed by atoms with van der Waals surface area (Å²) in [5.74, 6) is 0.0925. The number of likely N-dealkylation sites (N-methyl/N-ethyl adjacent to an activating group) is 1. The molecule has 1 saturated heterocycles. The Hall–Kier alpha value is -3.46. The number of nitrogens with zero attached hydrogens (tertiary/aromatic N) is 6. The fraction of sp³-hybridized carbons (Fsp3) is 0.462. The van der Waals surface area contributed by atoms with Gasteiger partial charge in [0.15, 0.2) is 0 Å². The van der Waals surface area contributed by atoms with Gasteiger partial charge in [-0.05, 0) is 50.2 Å². The number of anilines is 3. The van der Waals surface area contributed by atoms with Crippen LogP contribution in [0.1, 0.15) is 43.1 Å². The molecule has 0 saturated carbocycles. The third kappa shape index (κ3) is 5.14. The summed E-state index contributed by atoms with van der Waals surface area (Å²) >= 11 is 0. The van der Waals surface area contributed by atoms with E-state index >= 15 is 0 Å². The van der Waals surface area contributed by atoms with Gasteiger partial charge in [0.2, 0.25) is 5.95 Å². The molecule has 3 heterocycles. The number of aromatic nitrogens is 3. The summed E-state index contributed by atoms with van der Waals surface area (Å²) in [6.45, 7) is 8.23. The Labute approximate surface area is 206 Å². The van der Waals surface area contributed by atoms with Gasteiger partial charge in [0.05, 0.1) is 0 Å². The molecule has 0 spiro atoms. The molecule has 2 aromatic heterocycles. The minimum absolute atomic E-state index is 0.0643. The quantitative estimate of drug-likeness (QED) is 0.558. The van der Waals surface area contributed by atoms with Gasteiger partial charge in [-0.25, -0.2) is 4.98 Å². The van der Waals surface area contributed by atoms with Crippen LogP contribution >= 0.6 is 0 Å². The number of hydrogen-bond acceptors (Lipinski definition) is 7. The lowest BCUT2D eigenvalue weighted by Crippen LogP contribution is -2.44. The molecule has 1 fully saturated rings. The summed E-state index contributed by atoms with van der Waals surface area (Å²) < 4.78 is 1.66. The average Bonchev–Trinajstić information content (AvgIpc) is 2.86. The standard InChI is InChI=1S/C26H35N7O2/c1-6-20(7-2)33-23-18(16-22(25(33)35)24(34)30(3)4)17-27-26(29-23)28-19-8-10-21(11-9-19)32-14-12-31(5)13-15-32/h8-11,16-17,20H,6-7,12-15H2,1-5H3,(H,27,28,29). The summed E-state index contributed by atoms with van der Waals surface area (Å²) in [6.07, 6.45) is 3.19. The van der Waals surface area contributed by atoms with Crippen molar-refractivity contribution in [2.24, 2.45) is 0 Å². The van der Waals surface area contributed by atoms with E-state index in [0.29, 0.717) is 17.0 Å². The Morgan fingerprint density at radius 3 is 2.34 bits per heavy atom. The fourth-order valence-electron chi connectivity index (χ4n) is 4.52. The van der Waals surface area contributed by atoms with Gasteiger partial charge >= 0.3 is 0 Å². The number of piperazine rings is 1. The van der Waals surface area contributed by atoms with Crippen LogP contribution in [0.4, 0.5) is 17.3 Å². The summed E-state index contributed by atoms with van der Waals surface area (Å²) in [7, 11) is 5.44. The normalized spacial score (nSPS) is 14.5. The first-order chi connectivity index (χ1) is 16.8. The van der Waals surface area contributed by atoms with Gasteiger partial charge in [-0.3, -0.25) is 14.2 Å². The van der Waals surface area contributed by atoms with E-state index in [1.807, 2.05) is 26.0 Å². The largest absolute Gasteiger partial charge is 0.369 e. The highest BCUT2D eigenvalue weighted by Crippen LogP contribution is 2.24. The average molecular weight is 478 g/mol. The zero-order valence-electron chi connectivity index (χ0n) is 21.3. The number of fused-ring (bicyclic) bond motifs is 1. The highest BCUT2D eigenvalue weighted by molar-refractivity contribution is 5.96. The molecule has 0 atom stereocenters. The number of carbonyl (C=O) groups excluding carboxylic acids is 1. The lowest BCUT2D eigenvalue weighted by atomic mass is 10.1. The molecule has 1 N–H and O–H groups in total. The lowest BCUT2D eigenvalue weighted by molar-refractivity contribution is 0.0825. The van der Waals surface area contributed by atoms with E-state index in [0.717, 1.165) is 44.7 Å². The van der Waals surface area contributed by atoms with E-state index in [1.165, 1.54) is 10.6 Å². The van der Waals surface area contributed by atoms with Crippen LogP contribution in [0.3, 0.4) is 0 Å². The topological polar surface area (TPSA) is 86.6 Å². The molecule has 3 aromatic rings. The smallest absolute Gasteiger partial charge is 0.265 e. The number of carbonyl (C=O) groups is 1. The molecular weight excluding hydrogens is 442 g/mol. The number of rotatable bonds is 7. The third-order valence-corrected chi connectivity index (χ3v) is 6.71. The maximum Gasteiger partial charge on any atom is 0.265 e. The molecule has 1 aliphatic heterocycles. The molecule has 0 unspecified atom stereocenters. The van der Waals surface area contributed by atoms with Crippen molar-refractivity contribution in [2.75, 3.05) is 57.5 Å². The van der Waals surface area contributed by atoms with E-state index in [1.54, 1.807) is 30.9 Å². The minimum atomic E-state index is -0.320. The molecule has 9 nitrogen and oxygen atoms in total. The van der Waals surface area contributed by atoms with Crippen molar-refractivity contribution in [3.63, 3.8) is 0 Å². The van der Waals surface area contributed by atoms with E-state index in [2.05, 4.69) is 39.3 Å². The lowest BCUT2D eigenvalue weighted by Gasteiger charge is -2.34. The minimum Gasteiger partial charge on any atom is -0.369 e. The maximum absolute atomic E-state index is 13.4. The van der Waals surface area contributed by atoms with Crippen molar-refractivity contribution in [3.8, 4) is 0 Å². The molecule has 0 aliphatic carbocycles. The first-order valence-electron chi connectivity index (χ1n) is 12.3. The summed E-state index contributed by atoms with van der Waals surface area (Å²) in [5.41, 5.74) is 2.43.